The molecule has 2 rings (SSSR count). The number of carboxylic acids is 1. The molecule has 0 spiro atoms. The number of carbonyl (C=O) groups excluding carboxylic acids is 1. The number of pyridine rings is 1. The minimum atomic E-state index is -1.18. The summed E-state index contributed by atoms with van der Waals surface area (Å²) in [6, 6.07) is 6.29. The van der Waals surface area contributed by atoms with Crippen LogP contribution in [0.15, 0.2) is 41.1 Å². The number of amides is 1. The summed E-state index contributed by atoms with van der Waals surface area (Å²) in [5.41, 5.74) is -0.192. The van der Waals surface area contributed by atoms with Gasteiger partial charge in [-0.25, -0.2) is 4.79 Å². The molecule has 6 heteroatoms. The summed E-state index contributed by atoms with van der Waals surface area (Å²) in [6.07, 6.45) is 2.90. The molecule has 0 unspecified atom stereocenters. The number of furan rings is 1. The van der Waals surface area contributed by atoms with E-state index >= 15 is 0 Å². The Hall–Kier alpha value is -2.63. The summed E-state index contributed by atoms with van der Waals surface area (Å²) < 4.78 is 5.14. The normalized spacial score (nSPS) is 10.2. The van der Waals surface area contributed by atoms with E-state index in [1.165, 1.54) is 29.5 Å². The summed E-state index contributed by atoms with van der Waals surface area (Å²) in [4.78, 5) is 28.4. The van der Waals surface area contributed by atoms with Gasteiger partial charge in [-0.15, -0.1) is 0 Å². The molecule has 19 heavy (non-hydrogen) atoms. The van der Waals surface area contributed by atoms with Crippen molar-refractivity contribution in [1.82, 2.24) is 9.88 Å². The third-order valence-electron chi connectivity index (χ3n) is 2.56. The van der Waals surface area contributed by atoms with Gasteiger partial charge in [0.1, 0.15) is 11.5 Å². The number of hydrogen-bond acceptors (Lipinski definition) is 4. The second-order valence-electron chi connectivity index (χ2n) is 3.95. The predicted octanol–water partition coefficient (Wildman–Crippen LogP) is 1.65. The quantitative estimate of drug-likeness (QED) is 0.903. The van der Waals surface area contributed by atoms with Crippen molar-refractivity contribution in [1.29, 1.82) is 0 Å². The molecule has 2 heterocycles. The third kappa shape index (κ3) is 2.79. The van der Waals surface area contributed by atoms with Crippen molar-refractivity contribution in [2.45, 2.75) is 6.54 Å². The fourth-order valence-corrected chi connectivity index (χ4v) is 1.64. The Kier molecular flexibility index (Phi) is 3.61. The Morgan fingerprint density at radius 1 is 1.37 bits per heavy atom. The van der Waals surface area contributed by atoms with Gasteiger partial charge in [-0.3, -0.25) is 9.78 Å². The van der Waals surface area contributed by atoms with Gasteiger partial charge in [-0.05, 0) is 24.3 Å². The molecule has 0 aliphatic rings. The highest BCUT2D eigenvalue weighted by molar-refractivity contribution is 6.03. The zero-order valence-corrected chi connectivity index (χ0v) is 10.2. The number of aromatic carboxylic acids is 1. The first-order valence-electron chi connectivity index (χ1n) is 5.55. The van der Waals surface area contributed by atoms with Crippen LogP contribution in [0.3, 0.4) is 0 Å². The van der Waals surface area contributed by atoms with Gasteiger partial charge >= 0.3 is 5.97 Å². The molecular weight excluding hydrogens is 248 g/mol. The lowest BCUT2D eigenvalue weighted by molar-refractivity contribution is 0.0676. The molecule has 0 aliphatic heterocycles. The number of carbonyl (C=O) groups is 2. The van der Waals surface area contributed by atoms with Crippen molar-refractivity contribution in [2.75, 3.05) is 7.05 Å². The average molecular weight is 260 g/mol. The Labute approximate surface area is 109 Å². The van der Waals surface area contributed by atoms with Gasteiger partial charge in [-0.2, -0.15) is 0 Å². The maximum atomic E-state index is 12.2. The molecule has 0 bridgehead atoms. The second-order valence-corrected chi connectivity index (χ2v) is 3.95. The van der Waals surface area contributed by atoms with Crippen molar-refractivity contribution < 1.29 is 19.1 Å². The Morgan fingerprint density at radius 3 is 2.79 bits per heavy atom. The van der Waals surface area contributed by atoms with E-state index < -0.39 is 11.9 Å². The molecule has 0 saturated heterocycles. The van der Waals surface area contributed by atoms with Gasteiger partial charge in [0, 0.05) is 13.2 Å². The summed E-state index contributed by atoms with van der Waals surface area (Å²) in [5, 5.41) is 9.02. The van der Waals surface area contributed by atoms with E-state index in [1.807, 2.05) is 0 Å². The van der Waals surface area contributed by atoms with Crippen LogP contribution >= 0.6 is 0 Å². The third-order valence-corrected chi connectivity index (χ3v) is 2.56. The van der Waals surface area contributed by atoms with E-state index in [9.17, 15) is 9.59 Å². The largest absolute Gasteiger partial charge is 0.478 e. The van der Waals surface area contributed by atoms with E-state index in [0.717, 1.165) is 0 Å². The smallest absolute Gasteiger partial charge is 0.338 e. The van der Waals surface area contributed by atoms with Crippen molar-refractivity contribution in [3.63, 3.8) is 0 Å². The van der Waals surface area contributed by atoms with Crippen LogP contribution < -0.4 is 0 Å². The monoisotopic (exact) mass is 260 g/mol. The average Bonchev–Trinajstić information content (AvgIpc) is 2.90. The van der Waals surface area contributed by atoms with Gasteiger partial charge in [0.15, 0.2) is 0 Å². The van der Waals surface area contributed by atoms with E-state index in [-0.39, 0.29) is 17.8 Å². The topological polar surface area (TPSA) is 83.6 Å². The van der Waals surface area contributed by atoms with Gasteiger partial charge in [-0.1, -0.05) is 0 Å². The maximum absolute atomic E-state index is 12.2. The lowest BCUT2D eigenvalue weighted by Gasteiger charge is -2.16. The van der Waals surface area contributed by atoms with Crippen molar-refractivity contribution in [3.8, 4) is 0 Å². The zero-order chi connectivity index (χ0) is 13.8. The van der Waals surface area contributed by atoms with Crippen LogP contribution in [-0.4, -0.2) is 33.9 Å². The molecular formula is C13H12N2O4. The molecule has 6 nitrogen and oxygen atoms in total. The first-order valence-corrected chi connectivity index (χ1v) is 5.55. The molecule has 2 aromatic rings. The van der Waals surface area contributed by atoms with Crippen LogP contribution in [0.4, 0.5) is 0 Å². The molecule has 0 atom stereocenters. The summed E-state index contributed by atoms with van der Waals surface area (Å²) >= 11 is 0. The second kappa shape index (κ2) is 5.34. The van der Waals surface area contributed by atoms with E-state index in [2.05, 4.69) is 4.98 Å². The van der Waals surface area contributed by atoms with E-state index in [4.69, 9.17) is 9.52 Å². The first-order chi connectivity index (χ1) is 9.09. The lowest BCUT2D eigenvalue weighted by Crippen LogP contribution is -2.28. The summed E-state index contributed by atoms with van der Waals surface area (Å²) in [6.45, 7) is 0.251. The number of nitrogens with zero attached hydrogens (tertiary/aromatic N) is 2. The van der Waals surface area contributed by atoms with Crippen LogP contribution in [0.25, 0.3) is 0 Å². The predicted molar refractivity (Wildman–Crippen MR) is 65.7 cm³/mol. The number of aromatic nitrogens is 1. The van der Waals surface area contributed by atoms with Crippen LogP contribution in [0.5, 0.6) is 0 Å². The highest BCUT2D eigenvalue weighted by atomic mass is 16.4. The van der Waals surface area contributed by atoms with Gasteiger partial charge in [0.25, 0.3) is 5.91 Å². The summed E-state index contributed by atoms with van der Waals surface area (Å²) in [7, 11) is 1.56. The maximum Gasteiger partial charge on any atom is 0.338 e. The fraction of sp³-hybridized carbons (Fsp3) is 0.154. The van der Waals surface area contributed by atoms with Gasteiger partial charge in [0.05, 0.1) is 18.4 Å². The van der Waals surface area contributed by atoms with Crippen LogP contribution in [0.2, 0.25) is 0 Å². The number of hydrogen-bond donors (Lipinski definition) is 1. The number of carboxylic acid groups (broad SMARTS) is 1. The Morgan fingerprint density at radius 2 is 2.16 bits per heavy atom. The van der Waals surface area contributed by atoms with Crippen LogP contribution in [-0.2, 0) is 6.54 Å². The minimum absolute atomic E-state index is 0.0796. The molecule has 0 fully saturated rings. The molecule has 0 saturated carbocycles. The lowest BCUT2D eigenvalue weighted by atomic mass is 10.2. The van der Waals surface area contributed by atoms with Crippen molar-refractivity contribution >= 4 is 11.9 Å². The minimum Gasteiger partial charge on any atom is -0.478 e. The Balaban J connectivity index is 2.22. The van der Waals surface area contributed by atoms with E-state index in [0.29, 0.717) is 5.76 Å². The van der Waals surface area contributed by atoms with Crippen LogP contribution in [0, 0.1) is 0 Å². The molecule has 1 amide bonds. The summed E-state index contributed by atoms with van der Waals surface area (Å²) in [5.74, 6) is -1.03. The van der Waals surface area contributed by atoms with Crippen molar-refractivity contribution in [3.05, 3.63) is 53.7 Å². The first kappa shape index (κ1) is 12.8. The highest BCUT2D eigenvalue weighted by Gasteiger charge is 2.21. The molecule has 0 radical (unpaired) electrons. The molecule has 98 valence electrons. The van der Waals surface area contributed by atoms with Gasteiger partial charge in [0.2, 0.25) is 0 Å². The van der Waals surface area contributed by atoms with Crippen LogP contribution in [0.1, 0.15) is 26.6 Å². The van der Waals surface area contributed by atoms with Crippen molar-refractivity contribution in [2.24, 2.45) is 0 Å². The molecule has 0 aromatic carbocycles. The van der Waals surface area contributed by atoms with Gasteiger partial charge < -0.3 is 14.4 Å². The molecule has 1 N–H and O–H groups in total. The Bertz CT molecular complexity index is 592. The molecule has 0 aliphatic carbocycles. The SMILES string of the molecule is CN(Cc1ccco1)C(=O)c1ncccc1C(=O)O. The zero-order valence-electron chi connectivity index (χ0n) is 10.2. The number of rotatable bonds is 4. The fourth-order valence-electron chi connectivity index (χ4n) is 1.64. The van der Waals surface area contributed by atoms with E-state index in [1.54, 1.807) is 19.2 Å². The highest BCUT2D eigenvalue weighted by Crippen LogP contribution is 2.11. The standard InChI is InChI=1S/C13H12N2O4/c1-15(8-9-4-3-7-19-9)12(16)11-10(13(17)18)5-2-6-14-11/h2-7H,8H2,1H3,(H,17,18). The molecule has 2 aromatic heterocycles.